The Bertz CT molecular complexity index is 549. The van der Waals surface area contributed by atoms with Gasteiger partial charge in [0.15, 0.2) is 5.60 Å². The van der Waals surface area contributed by atoms with Crippen molar-refractivity contribution in [1.29, 1.82) is 0 Å². The van der Waals surface area contributed by atoms with Crippen LogP contribution < -0.4 is 5.11 Å². The van der Waals surface area contributed by atoms with Crippen LogP contribution in [-0.4, -0.2) is 23.9 Å². The first kappa shape index (κ1) is 18.1. The monoisotopic (exact) mass is 337 g/mol. The van der Waals surface area contributed by atoms with Crippen LogP contribution in [0.5, 0.6) is 0 Å². The fraction of sp³-hybridized carbons (Fsp3) is 0.364. The number of carbonyl (C=O) groups is 1. The second-order valence-corrected chi connectivity index (χ2v) is 3.99. The van der Waals surface area contributed by atoms with E-state index in [1.807, 2.05) is 0 Å². The highest BCUT2D eigenvalue weighted by molar-refractivity contribution is 5.81. The molecule has 1 aromatic carbocycles. The van der Waals surface area contributed by atoms with Gasteiger partial charge in [0.05, 0.1) is 0 Å². The molecule has 0 aliphatic carbocycles. The molecular formula is C11H5F8O3-. The number of hydrogen-bond donors (Lipinski definition) is 0. The average molecular weight is 337 g/mol. The Morgan fingerprint density at radius 2 is 1.55 bits per heavy atom. The van der Waals surface area contributed by atoms with E-state index >= 15 is 0 Å². The third-order valence-corrected chi connectivity index (χ3v) is 2.46. The van der Waals surface area contributed by atoms with Crippen LogP contribution in [0.3, 0.4) is 0 Å². The summed E-state index contributed by atoms with van der Waals surface area (Å²) in [6.45, 7) is -1.40. The maximum atomic E-state index is 13.1. The first-order chi connectivity index (χ1) is 9.80. The van der Waals surface area contributed by atoms with Crippen molar-refractivity contribution in [3.8, 4) is 0 Å². The molecule has 0 heterocycles. The fourth-order valence-electron chi connectivity index (χ4n) is 1.28. The van der Waals surface area contributed by atoms with Crippen molar-refractivity contribution in [2.45, 2.75) is 24.6 Å². The van der Waals surface area contributed by atoms with Gasteiger partial charge in [-0.05, 0) is 12.1 Å². The van der Waals surface area contributed by atoms with Crippen molar-refractivity contribution in [3.63, 3.8) is 0 Å². The van der Waals surface area contributed by atoms with Crippen LogP contribution in [0.4, 0.5) is 35.1 Å². The number of benzene rings is 1. The zero-order valence-electron chi connectivity index (χ0n) is 10.2. The molecule has 0 spiro atoms. The lowest BCUT2D eigenvalue weighted by Crippen LogP contribution is -2.71. The van der Waals surface area contributed by atoms with Crippen LogP contribution in [0.25, 0.3) is 0 Å². The third-order valence-electron chi connectivity index (χ3n) is 2.46. The minimum Gasteiger partial charge on any atom is -0.828 e. The molecule has 0 fully saturated rings. The summed E-state index contributed by atoms with van der Waals surface area (Å²) in [5.74, 6) is -5.63. The van der Waals surface area contributed by atoms with Crippen LogP contribution >= 0.6 is 0 Å². The summed E-state index contributed by atoms with van der Waals surface area (Å²) < 4.78 is 103. The molecule has 0 aliphatic heterocycles. The molecule has 1 aromatic rings. The van der Waals surface area contributed by atoms with E-state index in [9.17, 15) is 45.0 Å². The lowest BCUT2D eigenvalue weighted by atomic mass is 10.0. The van der Waals surface area contributed by atoms with E-state index in [1.54, 1.807) is 0 Å². The number of esters is 1. The minimum atomic E-state index is -6.51. The molecule has 22 heavy (non-hydrogen) atoms. The summed E-state index contributed by atoms with van der Waals surface area (Å²) >= 11 is 0. The van der Waals surface area contributed by atoms with Crippen molar-refractivity contribution in [1.82, 2.24) is 0 Å². The summed E-state index contributed by atoms with van der Waals surface area (Å²) in [4.78, 5) is 10.9. The Morgan fingerprint density at radius 1 is 1.05 bits per heavy atom. The molecule has 0 unspecified atom stereocenters. The molecule has 0 bridgehead atoms. The molecule has 1 rings (SSSR count). The number of rotatable bonds is 3. The summed E-state index contributed by atoms with van der Waals surface area (Å²) in [6, 6.07) is 1.52. The molecule has 0 N–H and O–H groups in total. The van der Waals surface area contributed by atoms with Gasteiger partial charge < -0.3 is 9.84 Å². The fourth-order valence-corrected chi connectivity index (χ4v) is 1.28. The standard InChI is InChI=1S/C11H5F8O3/c12-6-2-1-5(7(13)3-6)4-22-8(20)9(21,10(14,15)16)11(17,18)19/h1-3H,4H2/q-1. The van der Waals surface area contributed by atoms with E-state index in [2.05, 4.69) is 4.74 Å². The van der Waals surface area contributed by atoms with Crippen molar-refractivity contribution in [2.75, 3.05) is 0 Å². The van der Waals surface area contributed by atoms with Gasteiger partial charge in [0.25, 0.3) is 0 Å². The van der Waals surface area contributed by atoms with Crippen molar-refractivity contribution < 1.29 is 49.8 Å². The van der Waals surface area contributed by atoms with Gasteiger partial charge in [-0.1, -0.05) is 0 Å². The second kappa shape index (κ2) is 5.71. The Balaban J connectivity index is 2.99. The summed E-state index contributed by atoms with van der Waals surface area (Å²) in [5, 5.41) is 10.9. The zero-order valence-corrected chi connectivity index (χ0v) is 10.2. The van der Waals surface area contributed by atoms with Gasteiger partial charge in [0, 0.05) is 11.6 Å². The molecule has 3 nitrogen and oxygen atoms in total. The number of ether oxygens (including phenoxy) is 1. The summed E-state index contributed by atoms with van der Waals surface area (Å²) in [5.41, 5.74) is -6.71. The lowest BCUT2D eigenvalue weighted by Gasteiger charge is -2.40. The van der Waals surface area contributed by atoms with Gasteiger partial charge >= 0.3 is 18.3 Å². The predicted octanol–water partition coefficient (Wildman–Crippen LogP) is 2.23. The van der Waals surface area contributed by atoms with Crippen molar-refractivity contribution in [2.24, 2.45) is 0 Å². The molecule has 0 aliphatic rings. The minimum absolute atomic E-state index is 0.265. The average Bonchev–Trinajstić information content (AvgIpc) is 2.33. The number of carbonyl (C=O) groups excluding carboxylic acids is 1. The first-order valence-corrected chi connectivity index (χ1v) is 5.25. The lowest BCUT2D eigenvalue weighted by molar-refractivity contribution is -0.574. The molecule has 0 amide bonds. The molecule has 0 aromatic heterocycles. The summed E-state index contributed by atoms with van der Waals surface area (Å²) in [7, 11) is 0. The Kier molecular flexibility index (Phi) is 4.70. The first-order valence-electron chi connectivity index (χ1n) is 5.25. The van der Waals surface area contributed by atoms with E-state index in [4.69, 9.17) is 0 Å². The molecule has 0 saturated carbocycles. The third kappa shape index (κ3) is 3.29. The van der Waals surface area contributed by atoms with Gasteiger partial charge in [-0.15, -0.1) is 0 Å². The highest BCUT2D eigenvalue weighted by atomic mass is 19.4. The number of alkyl halides is 6. The van der Waals surface area contributed by atoms with E-state index in [0.29, 0.717) is 12.1 Å². The molecule has 11 heteroatoms. The van der Waals surface area contributed by atoms with Crippen LogP contribution in [0.15, 0.2) is 18.2 Å². The van der Waals surface area contributed by atoms with E-state index in [-0.39, 0.29) is 6.07 Å². The maximum Gasteiger partial charge on any atom is 0.399 e. The van der Waals surface area contributed by atoms with Crippen LogP contribution in [-0.2, 0) is 16.1 Å². The Hall–Kier alpha value is -1.91. The van der Waals surface area contributed by atoms with E-state index in [0.717, 1.165) is 0 Å². The molecule has 0 atom stereocenters. The molecule has 0 saturated heterocycles. The quantitative estimate of drug-likeness (QED) is 0.628. The highest BCUT2D eigenvalue weighted by Gasteiger charge is 2.68. The Labute approximate surface area is 117 Å². The van der Waals surface area contributed by atoms with Gasteiger partial charge in [0.2, 0.25) is 0 Å². The SMILES string of the molecule is O=C(OCc1ccc(F)cc1F)C([O-])(C(F)(F)F)C(F)(F)F. The van der Waals surface area contributed by atoms with Crippen molar-refractivity contribution >= 4 is 5.97 Å². The highest BCUT2D eigenvalue weighted by Crippen LogP contribution is 2.41. The van der Waals surface area contributed by atoms with Gasteiger partial charge in [-0.3, -0.25) is 4.79 Å². The second-order valence-electron chi connectivity index (χ2n) is 3.99. The van der Waals surface area contributed by atoms with Crippen LogP contribution in [0, 0.1) is 11.6 Å². The van der Waals surface area contributed by atoms with Crippen molar-refractivity contribution in [3.05, 3.63) is 35.4 Å². The topological polar surface area (TPSA) is 49.4 Å². The largest absolute Gasteiger partial charge is 0.828 e. The molecule has 124 valence electrons. The van der Waals surface area contributed by atoms with Crippen LogP contribution in [0.1, 0.15) is 5.56 Å². The van der Waals surface area contributed by atoms with E-state index < -0.39 is 47.7 Å². The predicted molar refractivity (Wildman–Crippen MR) is 51.0 cm³/mol. The van der Waals surface area contributed by atoms with Gasteiger partial charge in [0.1, 0.15) is 18.2 Å². The van der Waals surface area contributed by atoms with Gasteiger partial charge in [-0.25, -0.2) is 8.78 Å². The van der Waals surface area contributed by atoms with Crippen LogP contribution in [0.2, 0.25) is 0 Å². The summed E-state index contributed by atoms with van der Waals surface area (Å²) in [6.07, 6.45) is -13.0. The smallest absolute Gasteiger partial charge is 0.399 e. The maximum absolute atomic E-state index is 13.1. The molecular weight excluding hydrogens is 332 g/mol. The normalized spacial score (nSPS) is 13.1. The van der Waals surface area contributed by atoms with Gasteiger partial charge in [-0.2, -0.15) is 26.3 Å². The molecule has 0 radical (unpaired) electrons. The Morgan fingerprint density at radius 3 is 1.95 bits per heavy atom. The zero-order chi connectivity index (χ0) is 17.3. The number of halogens is 8. The number of hydrogen-bond acceptors (Lipinski definition) is 3. The van der Waals surface area contributed by atoms with E-state index in [1.165, 1.54) is 0 Å².